The van der Waals surface area contributed by atoms with Crippen molar-refractivity contribution in [2.45, 2.75) is 45.1 Å². The zero-order valence-electron chi connectivity index (χ0n) is 10.2. The minimum Gasteiger partial charge on any atom is -0.396 e. The highest BCUT2D eigenvalue weighted by molar-refractivity contribution is 5.76. The van der Waals surface area contributed by atoms with Crippen molar-refractivity contribution in [2.75, 3.05) is 19.7 Å². The van der Waals surface area contributed by atoms with E-state index in [2.05, 4.69) is 10.6 Å². The molecule has 4 heteroatoms. The molecule has 16 heavy (non-hydrogen) atoms. The summed E-state index contributed by atoms with van der Waals surface area (Å²) in [5, 5.41) is 15.0. The minimum absolute atomic E-state index is 0.152. The molecular formula is C12H24N2O2. The summed E-state index contributed by atoms with van der Waals surface area (Å²) in [4.78, 5) is 11.7. The number of hydrogen-bond acceptors (Lipinski definition) is 3. The highest BCUT2D eigenvalue weighted by atomic mass is 16.2. The van der Waals surface area contributed by atoms with E-state index in [4.69, 9.17) is 5.11 Å². The molecule has 1 aliphatic heterocycles. The van der Waals surface area contributed by atoms with Crippen LogP contribution in [0.25, 0.3) is 0 Å². The molecule has 0 bridgehead atoms. The average molecular weight is 228 g/mol. The van der Waals surface area contributed by atoms with Crippen molar-refractivity contribution >= 4 is 5.91 Å². The van der Waals surface area contributed by atoms with Crippen LogP contribution < -0.4 is 10.6 Å². The lowest BCUT2D eigenvalue weighted by Gasteiger charge is -2.23. The first kappa shape index (κ1) is 13.5. The van der Waals surface area contributed by atoms with E-state index in [9.17, 15) is 4.79 Å². The number of aliphatic hydroxyl groups is 1. The van der Waals surface area contributed by atoms with E-state index < -0.39 is 0 Å². The van der Waals surface area contributed by atoms with Crippen molar-refractivity contribution in [1.82, 2.24) is 10.6 Å². The fourth-order valence-electron chi connectivity index (χ4n) is 2.16. The molecule has 0 aromatic carbocycles. The summed E-state index contributed by atoms with van der Waals surface area (Å²) >= 11 is 0. The first-order chi connectivity index (χ1) is 7.72. The zero-order valence-corrected chi connectivity index (χ0v) is 10.2. The number of carbonyl (C=O) groups is 1. The molecule has 0 spiro atoms. The fourth-order valence-corrected chi connectivity index (χ4v) is 2.16. The van der Waals surface area contributed by atoms with Gasteiger partial charge in [0.2, 0.25) is 5.91 Å². The summed E-state index contributed by atoms with van der Waals surface area (Å²) in [6.07, 6.45) is 4.58. The maximum absolute atomic E-state index is 11.7. The molecule has 0 aromatic heterocycles. The van der Waals surface area contributed by atoms with E-state index in [0.717, 1.165) is 32.4 Å². The second-order valence-corrected chi connectivity index (χ2v) is 4.75. The van der Waals surface area contributed by atoms with Crippen molar-refractivity contribution < 1.29 is 9.90 Å². The Bertz CT molecular complexity index is 203. The van der Waals surface area contributed by atoms with Crippen LogP contribution in [0.2, 0.25) is 0 Å². The van der Waals surface area contributed by atoms with Gasteiger partial charge in [-0.2, -0.15) is 0 Å². The van der Waals surface area contributed by atoms with E-state index in [-0.39, 0.29) is 18.6 Å². The Hall–Kier alpha value is -0.610. The van der Waals surface area contributed by atoms with E-state index in [1.807, 2.05) is 6.92 Å². The Morgan fingerprint density at radius 2 is 2.44 bits per heavy atom. The second-order valence-electron chi connectivity index (χ2n) is 4.75. The quantitative estimate of drug-likeness (QED) is 0.625. The van der Waals surface area contributed by atoms with Crippen LogP contribution in [0.5, 0.6) is 0 Å². The second kappa shape index (κ2) is 7.63. The largest absolute Gasteiger partial charge is 0.396 e. The van der Waals surface area contributed by atoms with Gasteiger partial charge in [-0.1, -0.05) is 0 Å². The van der Waals surface area contributed by atoms with E-state index in [1.54, 1.807) is 0 Å². The average Bonchev–Trinajstić information content (AvgIpc) is 2.27. The lowest BCUT2D eigenvalue weighted by Crippen LogP contribution is -2.37. The number of nitrogens with one attached hydrogen (secondary N) is 2. The lowest BCUT2D eigenvalue weighted by molar-refractivity contribution is -0.122. The smallest absolute Gasteiger partial charge is 0.220 e. The SMILES string of the molecule is CC(CCCO)NC(=O)CC1CCCNC1. The van der Waals surface area contributed by atoms with Gasteiger partial charge in [-0.25, -0.2) is 0 Å². The molecule has 0 radical (unpaired) electrons. The molecule has 1 rings (SSSR count). The van der Waals surface area contributed by atoms with E-state index in [0.29, 0.717) is 12.3 Å². The van der Waals surface area contributed by atoms with Gasteiger partial charge in [-0.3, -0.25) is 4.79 Å². The minimum atomic E-state index is 0.152. The predicted molar refractivity (Wildman–Crippen MR) is 64.1 cm³/mol. The highest BCUT2D eigenvalue weighted by Crippen LogP contribution is 2.13. The number of hydrogen-bond donors (Lipinski definition) is 3. The first-order valence-electron chi connectivity index (χ1n) is 6.33. The van der Waals surface area contributed by atoms with Crippen molar-refractivity contribution in [3.63, 3.8) is 0 Å². The van der Waals surface area contributed by atoms with Crippen LogP contribution in [0.1, 0.15) is 39.0 Å². The van der Waals surface area contributed by atoms with Gasteiger partial charge in [-0.05, 0) is 51.6 Å². The molecule has 2 atom stereocenters. The molecule has 4 nitrogen and oxygen atoms in total. The standard InChI is InChI=1S/C12H24N2O2/c1-10(4-3-7-15)14-12(16)8-11-5-2-6-13-9-11/h10-11,13,15H,2-9H2,1H3,(H,14,16). The predicted octanol–water partition coefficient (Wildman–Crippen LogP) is 0.653. The number of rotatable bonds is 6. The zero-order chi connectivity index (χ0) is 11.8. The Kier molecular flexibility index (Phi) is 6.42. The van der Waals surface area contributed by atoms with Crippen molar-refractivity contribution in [2.24, 2.45) is 5.92 Å². The van der Waals surface area contributed by atoms with Crippen LogP contribution in [0.4, 0.5) is 0 Å². The fraction of sp³-hybridized carbons (Fsp3) is 0.917. The summed E-state index contributed by atoms with van der Waals surface area (Å²) in [6, 6.07) is 0.177. The summed E-state index contributed by atoms with van der Waals surface area (Å²) < 4.78 is 0. The molecule has 1 amide bonds. The van der Waals surface area contributed by atoms with Gasteiger partial charge in [0.05, 0.1) is 0 Å². The van der Waals surface area contributed by atoms with Crippen LogP contribution >= 0.6 is 0 Å². The monoisotopic (exact) mass is 228 g/mol. The summed E-state index contributed by atoms with van der Waals surface area (Å²) in [5.74, 6) is 0.651. The molecule has 0 aromatic rings. The van der Waals surface area contributed by atoms with E-state index in [1.165, 1.54) is 6.42 Å². The number of piperidine rings is 1. The molecule has 94 valence electrons. The lowest BCUT2D eigenvalue weighted by atomic mass is 9.96. The summed E-state index contributed by atoms with van der Waals surface area (Å²) in [7, 11) is 0. The maximum Gasteiger partial charge on any atom is 0.220 e. The van der Waals surface area contributed by atoms with Crippen LogP contribution in [0.15, 0.2) is 0 Å². The number of amides is 1. The van der Waals surface area contributed by atoms with Crippen LogP contribution in [0, 0.1) is 5.92 Å². The molecule has 0 saturated carbocycles. The third-order valence-electron chi connectivity index (χ3n) is 3.08. The van der Waals surface area contributed by atoms with Crippen LogP contribution in [-0.2, 0) is 4.79 Å². The van der Waals surface area contributed by atoms with Gasteiger partial charge in [0.25, 0.3) is 0 Å². The number of aliphatic hydroxyl groups excluding tert-OH is 1. The van der Waals surface area contributed by atoms with Gasteiger partial charge in [0, 0.05) is 19.1 Å². The molecule has 3 N–H and O–H groups in total. The molecule has 1 fully saturated rings. The van der Waals surface area contributed by atoms with Crippen LogP contribution in [-0.4, -0.2) is 36.8 Å². The topological polar surface area (TPSA) is 61.4 Å². The Morgan fingerprint density at radius 1 is 1.62 bits per heavy atom. The van der Waals surface area contributed by atoms with Crippen molar-refractivity contribution in [3.8, 4) is 0 Å². The molecule has 1 heterocycles. The molecule has 1 saturated heterocycles. The van der Waals surface area contributed by atoms with Crippen molar-refractivity contribution in [3.05, 3.63) is 0 Å². The first-order valence-corrected chi connectivity index (χ1v) is 6.33. The van der Waals surface area contributed by atoms with Crippen LogP contribution in [0.3, 0.4) is 0 Å². The van der Waals surface area contributed by atoms with Gasteiger partial charge in [0.1, 0.15) is 0 Å². The maximum atomic E-state index is 11.7. The van der Waals surface area contributed by atoms with Gasteiger partial charge in [0.15, 0.2) is 0 Å². The van der Waals surface area contributed by atoms with E-state index >= 15 is 0 Å². The summed E-state index contributed by atoms with van der Waals surface area (Å²) in [5.41, 5.74) is 0. The highest BCUT2D eigenvalue weighted by Gasteiger charge is 2.17. The third-order valence-corrected chi connectivity index (χ3v) is 3.08. The summed E-state index contributed by atoms with van der Waals surface area (Å²) in [6.45, 7) is 4.25. The Labute approximate surface area is 97.8 Å². The molecular weight excluding hydrogens is 204 g/mol. The van der Waals surface area contributed by atoms with Gasteiger partial charge < -0.3 is 15.7 Å². The normalized spacial score (nSPS) is 22.8. The Balaban J connectivity index is 2.13. The molecule has 1 aliphatic rings. The Morgan fingerprint density at radius 3 is 3.06 bits per heavy atom. The molecule has 0 aliphatic carbocycles. The third kappa shape index (κ3) is 5.47. The number of carbonyl (C=O) groups excluding carboxylic acids is 1. The van der Waals surface area contributed by atoms with Crippen molar-refractivity contribution in [1.29, 1.82) is 0 Å². The van der Waals surface area contributed by atoms with Gasteiger partial charge in [-0.15, -0.1) is 0 Å². The molecule has 2 unspecified atom stereocenters. The van der Waals surface area contributed by atoms with Gasteiger partial charge >= 0.3 is 0 Å².